The molecule has 2 fully saturated rings. The maximum absolute atomic E-state index is 12.6. The van der Waals surface area contributed by atoms with Gasteiger partial charge in [-0.15, -0.1) is 0 Å². The molecular weight excluding hydrogens is 310 g/mol. The number of carbonyl (C=O) groups is 1. The molecular formula is C21H33N3O. The molecule has 3 rings (SSSR count). The second kappa shape index (κ2) is 8.33. The molecule has 1 aromatic rings. The topological polar surface area (TPSA) is 35.6 Å². The lowest BCUT2D eigenvalue weighted by molar-refractivity contribution is 0.0545. The van der Waals surface area contributed by atoms with Gasteiger partial charge in [0.1, 0.15) is 0 Å². The Balaban J connectivity index is 1.56. The van der Waals surface area contributed by atoms with Crippen molar-refractivity contribution in [1.82, 2.24) is 15.1 Å². The molecule has 2 saturated heterocycles. The minimum absolute atomic E-state index is 0.188. The molecule has 138 valence electrons. The molecule has 0 spiro atoms. The van der Waals surface area contributed by atoms with Crippen LogP contribution in [0.3, 0.4) is 0 Å². The molecule has 1 atom stereocenters. The Labute approximate surface area is 152 Å². The third-order valence-corrected chi connectivity index (χ3v) is 5.84. The van der Waals surface area contributed by atoms with E-state index in [-0.39, 0.29) is 5.91 Å². The van der Waals surface area contributed by atoms with E-state index in [4.69, 9.17) is 0 Å². The minimum atomic E-state index is 0.188. The van der Waals surface area contributed by atoms with Gasteiger partial charge in [-0.05, 0) is 56.3 Å². The average molecular weight is 344 g/mol. The van der Waals surface area contributed by atoms with Crippen molar-refractivity contribution in [2.75, 3.05) is 39.3 Å². The monoisotopic (exact) mass is 343 g/mol. The molecule has 1 aromatic carbocycles. The third-order valence-electron chi connectivity index (χ3n) is 5.84. The van der Waals surface area contributed by atoms with E-state index in [0.29, 0.717) is 11.5 Å². The molecule has 0 aliphatic carbocycles. The summed E-state index contributed by atoms with van der Waals surface area (Å²) in [6.45, 7) is 11.1. The summed E-state index contributed by atoms with van der Waals surface area (Å²) in [7, 11) is 0. The van der Waals surface area contributed by atoms with Crippen molar-refractivity contribution in [3.63, 3.8) is 0 Å². The number of benzene rings is 1. The third kappa shape index (κ3) is 4.62. The van der Waals surface area contributed by atoms with Crippen LogP contribution in [-0.4, -0.2) is 61.0 Å². The maximum Gasteiger partial charge on any atom is 0.253 e. The molecule has 0 radical (unpaired) electrons. The second-order valence-corrected chi connectivity index (χ2v) is 8.10. The minimum Gasteiger partial charge on any atom is -0.339 e. The molecule has 0 bridgehead atoms. The van der Waals surface area contributed by atoms with Gasteiger partial charge >= 0.3 is 0 Å². The number of carbonyl (C=O) groups excluding carboxylic acids is 1. The molecule has 0 aromatic heterocycles. The van der Waals surface area contributed by atoms with Gasteiger partial charge in [-0.25, -0.2) is 0 Å². The first-order valence-electron chi connectivity index (χ1n) is 9.90. The smallest absolute Gasteiger partial charge is 0.253 e. The van der Waals surface area contributed by atoms with Crippen LogP contribution in [-0.2, 0) is 0 Å². The first kappa shape index (κ1) is 18.4. The Kier molecular flexibility index (Phi) is 6.13. The summed E-state index contributed by atoms with van der Waals surface area (Å²) in [6.07, 6.45) is 4.68. The van der Waals surface area contributed by atoms with Gasteiger partial charge in [-0.3, -0.25) is 9.69 Å². The largest absolute Gasteiger partial charge is 0.339 e. The van der Waals surface area contributed by atoms with Gasteiger partial charge in [-0.2, -0.15) is 0 Å². The van der Waals surface area contributed by atoms with Crippen molar-refractivity contribution >= 4 is 5.91 Å². The van der Waals surface area contributed by atoms with E-state index in [1.54, 1.807) is 0 Å². The quantitative estimate of drug-likeness (QED) is 0.862. The van der Waals surface area contributed by atoms with Crippen molar-refractivity contribution in [2.45, 2.75) is 45.6 Å². The normalized spacial score (nSPS) is 24.8. The zero-order valence-corrected chi connectivity index (χ0v) is 15.8. The molecule has 4 heteroatoms. The number of rotatable bonds is 6. The van der Waals surface area contributed by atoms with E-state index < -0.39 is 0 Å². The highest BCUT2D eigenvalue weighted by Gasteiger charge is 2.34. The Morgan fingerprint density at radius 1 is 1.28 bits per heavy atom. The summed E-state index contributed by atoms with van der Waals surface area (Å²) in [4.78, 5) is 17.4. The molecule has 25 heavy (non-hydrogen) atoms. The molecule has 1 unspecified atom stereocenters. The van der Waals surface area contributed by atoms with Gasteiger partial charge in [0.25, 0.3) is 5.91 Å². The van der Waals surface area contributed by atoms with Crippen LogP contribution in [0.2, 0.25) is 0 Å². The van der Waals surface area contributed by atoms with E-state index >= 15 is 0 Å². The number of piperidine rings is 1. The maximum atomic E-state index is 12.6. The lowest BCUT2D eigenvalue weighted by Crippen LogP contribution is -2.50. The van der Waals surface area contributed by atoms with Crippen molar-refractivity contribution < 1.29 is 4.79 Å². The molecule has 0 saturated carbocycles. The van der Waals surface area contributed by atoms with E-state index in [1.165, 1.54) is 25.9 Å². The van der Waals surface area contributed by atoms with Crippen LogP contribution in [0.5, 0.6) is 0 Å². The highest BCUT2D eigenvalue weighted by Crippen LogP contribution is 2.29. The highest BCUT2D eigenvalue weighted by atomic mass is 16.2. The Morgan fingerprint density at radius 2 is 2.00 bits per heavy atom. The van der Waals surface area contributed by atoms with Gasteiger partial charge < -0.3 is 10.2 Å². The van der Waals surface area contributed by atoms with E-state index in [0.717, 1.165) is 44.6 Å². The fraction of sp³-hybridized carbons (Fsp3) is 0.667. The number of hydrogen-bond donors (Lipinski definition) is 1. The lowest BCUT2D eigenvalue weighted by Gasteiger charge is -2.41. The first-order valence-corrected chi connectivity index (χ1v) is 9.90. The summed E-state index contributed by atoms with van der Waals surface area (Å²) < 4.78 is 0. The lowest BCUT2D eigenvalue weighted by atomic mass is 9.87. The number of nitrogens with zero attached hydrogens (tertiary/aromatic N) is 2. The van der Waals surface area contributed by atoms with Crippen molar-refractivity contribution in [2.24, 2.45) is 5.41 Å². The van der Waals surface area contributed by atoms with Gasteiger partial charge in [0.2, 0.25) is 0 Å². The van der Waals surface area contributed by atoms with Crippen LogP contribution < -0.4 is 5.32 Å². The zero-order chi connectivity index (χ0) is 17.7. The van der Waals surface area contributed by atoms with Gasteiger partial charge in [0, 0.05) is 37.8 Å². The summed E-state index contributed by atoms with van der Waals surface area (Å²) in [5.74, 6) is 0.188. The Hall–Kier alpha value is -1.39. The Bertz CT molecular complexity index is 546. The summed E-state index contributed by atoms with van der Waals surface area (Å²) >= 11 is 0. The van der Waals surface area contributed by atoms with Crippen molar-refractivity contribution in [3.8, 4) is 0 Å². The average Bonchev–Trinajstić information content (AvgIpc) is 3.08. The fourth-order valence-electron chi connectivity index (χ4n) is 4.37. The van der Waals surface area contributed by atoms with Gasteiger partial charge in [-0.1, -0.05) is 32.0 Å². The molecule has 4 nitrogen and oxygen atoms in total. The first-order chi connectivity index (χ1) is 12.1. The van der Waals surface area contributed by atoms with Crippen molar-refractivity contribution in [3.05, 3.63) is 35.9 Å². The van der Waals surface area contributed by atoms with E-state index in [2.05, 4.69) is 24.1 Å². The predicted molar refractivity (Wildman–Crippen MR) is 103 cm³/mol. The number of amides is 1. The second-order valence-electron chi connectivity index (χ2n) is 8.10. The Morgan fingerprint density at radius 3 is 2.60 bits per heavy atom. The highest BCUT2D eigenvalue weighted by molar-refractivity contribution is 5.94. The van der Waals surface area contributed by atoms with Crippen molar-refractivity contribution in [1.29, 1.82) is 0 Å². The van der Waals surface area contributed by atoms with Gasteiger partial charge in [0.05, 0.1) is 0 Å². The van der Waals surface area contributed by atoms with E-state index in [9.17, 15) is 4.79 Å². The fourth-order valence-corrected chi connectivity index (χ4v) is 4.37. The number of hydrogen-bond acceptors (Lipinski definition) is 3. The number of nitrogens with one attached hydrogen (secondary N) is 1. The van der Waals surface area contributed by atoms with Crippen LogP contribution in [0.1, 0.15) is 49.9 Å². The summed E-state index contributed by atoms with van der Waals surface area (Å²) in [5, 5.41) is 3.52. The van der Waals surface area contributed by atoms with Crippen LogP contribution in [0.4, 0.5) is 0 Å². The molecule has 2 aliphatic rings. The number of likely N-dealkylation sites (tertiary alicyclic amines) is 1. The molecule has 2 aliphatic heterocycles. The van der Waals surface area contributed by atoms with Gasteiger partial charge in [0.15, 0.2) is 0 Å². The van der Waals surface area contributed by atoms with Crippen LogP contribution in [0.15, 0.2) is 30.3 Å². The van der Waals surface area contributed by atoms with Crippen LogP contribution >= 0.6 is 0 Å². The zero-order valence-electron chi connectivity index (χ0n) is 15.8. The summed E-state index contributed by atoms with van der Waals surface area (Å²) in [5.41, 5.74) is 1.22. The standard InChI is InChI=1S/C21H33N3O/c1-3-13-24(17-21(2)11-12-22-16-21)19-9-14-23(15-10-19)20(25)18-7-5-4-6-8-18/h4-8,19,22H,3,9-17H2,1-2H3. The van der Waals surface area contributed by atoms with Crippen LogP contribution in [0, 0.1) is 5.41 Å². The SMILES string of the molecule is CCCN(CC1(C)CCNC1)C1CCN(C(=O)c2ccccc2)CC1. The summed E-state index contributed by atoms with van der Waals surface area (Å²) in [6, 6.07) is 10.3. The molecule has 1 amide bonds. The van der Waals surface area contributed by atoms with Crippen LogP contribution in [0.25, 0.3) is 0 Å². The molecule has 1 N–H and O–H groups in total. The van der Waals surface area contributed by atoms with E-state index in [1.807, 2.05) is 35.2 Å². The molecule has 2 heterocycles. The predicted octanol–water partition coefficient (Wildman–Crippen LogP) is 3.00.